The molecular formula is C8H14N2. The number of aliphatic imine (C=N–C) groups is 1. The Bertz CT molecular complexity index is 125. The number of hydrogen-bond donors (Lipinski definition) is 1. The molecule has 0 bridgehead atoms. The summed E-state index contributed by atoms with van der Waals surface area (Å²) in [6.07, 6.45) is 8.12. The molecule has 0 radical (unpaired) electrons. The molecule has 0 aromatic rings. The van der Waals surface area contributed by atoms with Gasteiger partial charge in [0.25, 0.3) is 0 Å². The van der Waals surface area contributed by atoms with Crippen molar-refractivity contribution in [2.24, 2.45) is 4.99 Å². The molecule has 2 nitrogen and oxygen atoms in total. The highest BCUT2D eigenvalue weighted by Crippen LogP contribution is 1.79. The number of nitrogens with zero attached hydrogens (tertiary/aromatic N) is 1. The maximum Gasteiger partial charge on any atom is 0.0261 e. The minimum atomic E-state index is 1.00. The van der Waals surface area contributed by atoms with Gasteiger partial charge in [-0.2, -0.15) is 0 Å². The van der Waals surface area contributed by atoms with Gasteiger partial charge in [0.05, 0.1) is 0 Å². The lowest BCUT2D eigenvalue weighted by molar-refractivity contribution is 0.807. The van der Waals surface area contributed by atoms with Crippen molar-refractivity contribution in [2.45, 2.75) is 6.42 Å². The number of hydrogen-bond acceptors (Lipinski definition) is 2. The molecule has 0 aromatic heterocycles. The van der Waals surface area contributed by atoms with E-state index in [9.17, 15) is 0 Å². The second-order valence-electron chi connectivity index (χ2n) is 1.81. The van der Waals surface area contributed by atoms with E-state index in [2.05, 4.69) is 16.9 Å². The van der Waals surface area contributed by atoms with Crippen LogP contribution in [0.3, 0.4) is 0 Å². The summed E-state index contributed by atoms with van der Waals surface area (Å²) in [5, 5.41) is 3.04. The van der Waals surface area contributed by atoms with E-state index in [1.165, 1.54) is 0 Å². The van der Waals surface area contributed by atoms with Gasteiger partial charge in [0, 0.05) is 12.4 Å². The van der Waals surface area contributed by atoms with Crippen LogP contribution in [0.4, 0.5) is 0 Å². The minimum Gasteiger partial charge on any atom is -0.319 e. The van der Waals surface area contributed by atoms with Crippen LogP contribution in [-0.2, 0) is 0 Å². The lowest BCUT2D eigenvalue weighted by atomic mass is 10.4. The molecule has 10 heavy (non-hydrogen) atoms. The largest absolute Gasteiger partial charge is 0.319 e. The molecule has 0 unspecified atom stereocenters. The molecule has 0 aliphatic heterocycles. The summed E-state index contributed by atoms with van der Waals surface area (Å²) in [6, 6.07) is 0. The first-order valence-corrected chi connectivity index (χ1v) is 3.35. The highest BCUT2D eigenvalue weighted by Gasteiger charge is 1.72. The highest BCUT2D eigenvalue weighted by atomic mass is 14.8. The van der Waals surface area contributed by atoms with Gasteiger partial charge in [0.15, 0.2) is 0 Å². The summed E-state index contributed by atoms with van der Waals surface area (Å²) in [7, 11) is 1.93. The van der Waals surface area contributed by atoms with E-state index in [0.29, 0.717) is 0 Å². The van der Waals surface area contributed by atoms with Gasteiger partial charge in [0.2, 0.25) is 0 Å². The second-order valence-corrected chi connectivity index (χ2v) is 1.81. The fraction of sp³-hybridized carbons (Fsp3) is 0.375. The van der Waals surface area contributed by atoms with Crippen LogP contribution >= 0.6 is 0 Å². The Morgan fingerprint density at radius 1 is 1.60 bits per heavy atom. The van der Waals surface area contributed by atoms with Gasteiger partial charge in [-0.05, 0) is 20.0 Å². The van der Waals surface area contributed by atoms with E-state index in [-0.39, 0.29) is 0 Å². The SMILES string of the molecule is C=C/C=N\C=C/CCNC. The van der Waals surface area contributed by atoms with Gasteiger partial charge in [0.1, 0.15) is 0 Å². The predicted octanol–water partition coefficient (Wildman–Crippen LogP) is 1.37. The Balaban J connectivity index is 3.19. The van der Waals surface area contributed by atoms with Crippen LogP contribution in [-0.4, -0.2) is 19.8 Å². The second kappa shape index (κ2) is 8.11. The van der Waals surface area contributed by atoms with Crippen molar-refractivity contribution in [2.75, 3.05) is 13.6 Å². The maximum atomic E-state index is 3.91. The van der Waals surface area contributed by atoms with Gasteiger partial charge < -0.3 is 5.32 Å². The Morgan fingerprint density at radius 3 is 3.00 bits per heavy atom. The Kier molecular flexibility index (Phi) is 7.39. The van der Waals surface area contributed by atoms with Crippen LogP contribution in [0.25, 0.3) is 0 Å². The zero-order valence-electron chi connectivity index (χ0n) is 6.38. The van der Waals surface area contributed by atoms with Crippen LogP contribution in [0.1, 0.15) is 6.42 Å². The fourth-order valence-corrected chi connectivity index (χ4v) is 0.474. The molecular weight excluding hydrogens is 124 g/mol. The monoisotopic (exact) mass is 138 g/mol. The van der Waals surface area contributed by atoms with Crippen LogP contribution in [0.5, 0.6) is 0 Å². The van der Waals surface area contributed by atoms with Crippen molar-refractivity contribution in [3.63, 3.8) is 0 Å². The summed E-state index contributed by atoms with van der Waals surface area (Å²) < 4.78 is 0. The van der Waals surface area contributed by atoms with E-state index < -0.39 is 0 Å². The Morgan fingerprint density at radius 2 is 2.40 bits per heavy atom. The Hall–Kier alpha value is -0.890. The molecule has 0 saturated carbocycles. The third-order valence-corrected chi connectivity index (χ3v) is 0.944. The Labute approximate surface area is 62.4 Å². The summed E-state index contributed by atoms with van der Waals surface area (Å²) in [4.78, 5) is 3.91. The average Bonchev–Trinajstić information content (AvgIpc) is 1.97. The summed E-state index contributed by atoms with van der Waals surface area (Å²) in [5.41, 5.74) is 0. The minimum absolute atomic E-state index is 1.00. The maximum absolute atomic E-state index is 3.91. The molecule has 0 rings (SSSR count). The molecule has 0 fully saturated rings. The third-order valence-electron chi connectivity index (χ3n) is 0.944. The number of allylic oxidation sites excluding steroid dienone is 1. The lowest BCUT2D eigenvalue weighted by Gasteiger charge is -1.88. The van der Waals surface area contributed by atoms with Crippen molar-refractivity contribution in [3.8, 4) is 0 Å². The zero-order chi connectivity index (χ0) is 7.66. The molecule has 0 heterocycles. The number of nitrogens with one attached hydrogen (secondary N) is 1. The van der Waals surface area contributed by atoms with Crippen LogP contribution < -0.4 is 5.32 Å². The average molecular weight is 138 g/mol. The summed E-state index contributed by atoms with van der Waals surface area (Å²) >= 11 is 0. The van der Waals surface area contributed by atoms with E-state index in [1.807, 2.05) is 13.1 Å². The van der Waals surface area contributed by atoms with E-state index in [1.54, 1.807) is 18.5 Å². The molecule has 1 N–H and O–H groups in total. The van der Waals surface area contributed by atoms with Crippen LogP contribution in [0.2, 0.25) is 0 Å². The van der Waals surface area contributed by atoms with Crippen molar-refractivity contribution in [1.82, 2.24) is 5.32 Å². The summed E-state index contributed by atoms with van der Waals surface area (Å²) in [5.74, 6) is 0. The van der Waals surface area contributed by atoms with E-state index in [4.69, 9.17) is 0 Å². The van der Waals surface area contributed by atoms with E-state index >= 15 is 0 Å². The predicted molar refractivity (Wildman–Crippen MR) is 46.4 cm³/mol. The molecule has 0 aliphatic rings. The van der Waals surface area contributed by atoms with Crippen molar-refractivity contribution >= 4 is 6.21 Å². The molecule has 0 atom stereocenters. The van der Waals surface area contributed by atoms with Crippen LogP contribution in [0, 0.1) is 0 Å². The molecule has 0 saturated heterocycles. The first kappa shape index (κ1) is 9.11. The van der Waals surface area contributed by atoms with Crippen molar-refractivity contribution < 1.29 is 0 Å². The van der Waals surface area contributed by atoms with Crippen LogP contribution in [0.15, 0.2) is 29.9 Å². The normalized spacial score (nSPS) is 11.3. The molecule has 0 aromatic carbocycles. The first-order chi connectivity index (χ1) is 4.91. The summed E-state index contributed by atoms with van der Waals surface area (Å²) in [6.45, 7) is 4.50. The number of rotatable bonds is 5. The molecule has 0 amide bonds. The highest BCUT2D eigenvalue weighted by molar-refractivity contribution is 5.70. The molecule has 0 spiro atoms. The molecule has 2 heteroatoms. The van der Waals surface area contributed by atoms with Crippen molar-refractivity contribution in [1.29, 1.82) is 0 Å². The lowest BCUT2D eigenvalue weighted by Crippen LogP contribution is -2.05. The smallest absolute Gasteiger partial charge is 0.0261 e. The van der Waals surface area contributed by atoms with Gasteiger partial charge in [-0.1, -0.05) is 18.7 Å². The van der Waals surface area contributed by atoms with Gasteiger partial charge in [-0.15, -0.1) is 0 Å². The topological polar surface area (TPSA) is 24.4 Å². The molecule has 0 aliphatic carbocycles. The van der Waals surface area contributed by atoms with Gasteiger partial charge in [-0.3, -0.25) is 4.99 Å². The van der Waals surface area contributed by atoms with Crippen molar-refractivity contribution in [3.05, 3.63) is 24.9 Å². The molecule has 56 valence electrons. The fourth-order valence-electron chi connectivity index (χ4n) is 0.474. The zero-order valence-corrected chi connectivity index (χ0v) is 6.38. The van der Waals surface area contributed by atoms with Gasteiger partial charge in [-0.25, -0.2) is 0 Å². The van der Waals surface area contributed by atoms with Gasteiger partial charge >= 0.3 is 0 Å². The standard InChI is InChI=1S/C8H14N2/c1-3-6-10-8-5-4-7-9-2/h3,5-6,8-9H,1,4,7H2,2H3/b8-5-,10-6-. The first-order valence-electron chi connectivity index (χ1n) is 3.35. The third kappa shape index (κ3) is 7.11. The van der Waals surface area contributed by atoms with E-state index in [0.717, 1.165) is 13.0 Å². The quantitative estimate of drug-likeness (QED) is 0.450.